The average molecular weight is 425 g/mol. The zero-order valence-corrected chi connectivity index (χ0v) is 18.0. The number of para-hydroxylation sites is 2. The molecule has 2 heterocycles. The number of hydrogen-bond acceptors (Lipinski definition) is 6. The first kappa shape index (κ1) is 20.3. The monoisotopic (exact) mass is 424 g/mol. The first-order valence-electron chi connectivity index (χ1n) is 9.89. The van der Waals surface area contributed by atoms with Gasteiger partial charge in [-0.05, 0) is 43.2 Å². The predicted molar refractivity (Wildman–Crippen MR) is 116 cm³/mol. The number of benzene rings is 2. The van der Waals surface area contributed by atoms with Gasteiger partial charge in [0.05, 0.1) is 5.25 Å². The molecule has 4 rings (SSSR count). The summed E-state index contributed by atoms with van der Waals surface area (Å²) in [6.45, 7) is 4.31. The van der Waals surface area contributed by atoms with Gasteiger partial charge in [0.25, 0.3) is 0 Å². The summed E-state index contributed by atoms with van der Waals surface area (Å²) in [5.74, 6) is 1.99. The summed E-state index contributed by atoms with van der Waals surface area (Å²) < 4.78 is 13.7. The summed E-state index contributed by atoms with van der Waals surface area (Å²) in [7, 11) is 1.87. The first-order valence-corrected chi connectivity index (χ1v) is 10.8. The van der Waals surface area contributed by atoms with Crippen LogP contribution in [0.4, 0.5) is 5.69 Å². The van der Waals surface area contributed by atoms with Crippen LogP contribution in [0.2, 0.25) is 0 Å². The van der Waals surface area contributed by atoms with Crippen molar-refractivity contribution in [3.8, 4) is 11.5 Å². The molecule has 2 atom stereocenters. The van der Waals surface area contributed by atoms with Gasteiger partial charge in [-0.2, -0.15) is 0 Å². The Morgan fingerprint density at radius 2 is 1.93 bits per heavy atom. The van der Waals surface area contributed by atoms with Crippen molar-refractivity contribution in [2.75, 3.05) is 11.9 Å². The van der Waals surface area contributed by atoms with E-state index in [1.807, 2.05) is 67.1 Å². The van der Waals surface area contributed by atoms with E-state index in [0.717, 1.165) is 17.9 Å². The number of nitrogens with one attached hydrogen (secondary N) is 1. The second kappa shape index (κ2) is 8.79. The van der Waals surface area contributed by atoms with Crippen molar-refractivity contribution in [2.45, 2.75) is 36.8 Å². The first-order chi connectivity index (χ1) is 14.5. The van der Waals surface area contributed by atoms with Crippen molar-refractivity contribution in [2.24, 2.45) is 7.05 Å². The molecular formula is C22H24N4O3S. The Bertz CT molecular complexity index is 1040. The molecule has 1 N–H and O–H groups in total. The van der Waals surface area contributed by atoms with Crippen molar-refractivity contribution >= 4 is 23.4 Å². The SMILES string of the molecule is CCc1ccc(NC(=O)C(C)Sc2nnc(C3COc4ccccc4O3)n2C)cc1. The lowest BCUT2D eigenvalue weighted by molar-refractivity contribution is -0.115. The maximum absolute atomic E-state index is 12.6. The standard InChI is InChI=1S/C22H24N4O3S/c1-4-15-9-11-16(12-10-15)23-21(27)14(2)30-22-25-24-20(26(22)3)19-13-28-17-7-5-6-8-18(17)29-19/h5-12,14,19H,4,13H2,1-3H3,(H,23,27). The molecule has 8 heteroatoms. The Morgan fingerprint density at radius 3 is 2.67 bits per heavy atom. The van der Waals surface area contributed by atoms with Gasteiger partial charge in [-0.3, -0.25) is 4.79 Å². The van der Waals surface area contributed by atoms with Gasteiger partial charge in [0.15, 0.2) is 28.6 Å². The molecule has 0 radical (unpaired) electrons. The van der Waals surface area contributed by atoms with Crippen LogP contribution in [0.25, 0.3) is 0 Å². The molecule has 0 saturated carbocycles. The van der Waals surface area contributed by atoms with E-state index in [4.69, 9.17) is 9.47 Å². The third-order valence-corrected chi connectivity index (χ3v) is 6.08. The lowest BCUT2D eigenvalue weighted by atomic mass is 10.1. The van der Waals surface area contributed by atoms with E-state index in [0.29, 0.717) is 23.3 Å². The van der Waals surface area contributed by atoms with Gasteiger partial charge in [0.1, 0.15) is 6.61 Å². The summed E-state index contributed by atoms with van der Waals surface area (Å²) in [6, 6.07) is 15.4. The van der Waals surface area contributed by atoms with Crippen molar-refractivity contribution in [1.29, 1.82) is 0 Å². The van der Waals surface area contributed by atoms with E-state index in [2.05, 4.69) is 22.4 Å². The minimum atomic E-state index is -0.354. The normalized spacial score (nSPS) is 16.2. The van der Waals surface area contributed by atoms with E-state index >= 15 is 0 Å². The molecule has 1 aliphatic heterocycles. The van der Waals surface area contributed by atoms with Crippen molar-refractivity contribution in [1.82, 2.24) is 14.8 Å². The third kappa shape index (κ3) is 4.28. The quantitative estimate of drug-likeness (QED) is 0.603. The molecule has 30 heavy (non-hydrogen) atoms. The number of fused-ring (bicyclic) bond motifs is 1. The molecule has 0 spiro atoms. The molecule has 7 nitrogen and oxygen atoms in total. The van der Waals surface area contributed by atoms with Crippen LogP contribution in [0.15, 0.2) is 53.7 Å². The van der Waals surface area contributed by atoms with Gasteiger partial charge >= 0.3 is 0 Å². The highest BCUT2D eigenvalue weighted by atomic mass is 32.2. The summed E-state index contributed by atoms with van der Waals surface area (Å²) in [4.78, 5) is 12.6. The minimum Gasteiger partial charge on any atom is -0.485 e. The highest BCUT2D eigenvalue weighted by molar-refractivity contribution is 8.00. The van der Waals surface area contributed by atoms with Crippen LogP contribution in [-0.4, -0.2) is 32.5 Å². The van der Waals surface area contributed by atoms with Crippen LogP contribution in [0.3, 0.4) is 0 Å². The molecule has 1 aliphatic rings. The van der Waals surface area contributed by atoms with Gasteiger partial charge in [0, 0.05) is 12.7 Å². The predicted octanol–water partition coefficient (Wildman–Crippen LogP) is 4.01. The number of aryl methyl sites for hydroxylation is 1. The van der Waals surface area contributed by atoms with Gasteiger partial charge in [-0.1, -0.05) is 43.0 Å². The molecule has 1 aromatic heterocycles. The van der Waals surface area contributed by atoms with E-state index in [1.165, 1.54) is 17.3 Å². The number of carbonyl (C=O) groups is 1. The molecule has 156 valence electrons. The second-order valence-electron chi connectivity index (χ2n) is 7.06. The topological polar surface area (TPSA) is 78.3 Å². The number of nitrogens with zero attached hydrogens (tertiary/aromatic N) is 3. The van der Waals surface area contributed by atoms with Crippen molar-refractivity contribution in [3.63, 3.8) is 0 Å². The van der Waals surface area contributed by atoms with E-state index < -0.39 is 0 Å². The lowest BCUT2D eigenvalue weighted by Gasteiger charge is -2.25. The maximum Gasteiger partial charge on any atom is 0.237 e. The molecule has 3 aromatic rings. The fraction of sp³-hybridized carbons (Fsp3) is 0.318. The Balaban J connectivity index is 1.40. The molecule has 0 aliphatic carbocycles. The number of hydrogen-bond donors (Lipinski definition) is 1. The number of ether oxygens (including phenoxy) is 2. The fourth-order valence-corrected chi connectivity index (χ4v) is 3.96. The lowest BCUT2D eigenvalue weighted by Crippen LogP contribution is -2.25. The summed E-state index contributed by atoms with van der Waals surface area (Å²) >= 11 is 1.36. The molecule has 2 aromatic carbocycles. The summed E-state index contributed by atoms with van der Waals surface area (Å²) in [6.07, 6.45) is 0.615. The largest absolute Gasteiger partial charge is 0.485 e. The van der Waals surface area contributed by atoms with Crippen LogP contribution in [-0.2, 0) is 18.3 Å². The molecule has 1 amide bonds. The van der Waals surface area contributed by atoms with E-state index in [1.54, 1.807) is 0 Å². The Labute approximate surface area is 179 Å². The van der Waals surface area contributed by atoms with Gasteiger partial charge in [-0.15, -0.1) is 10.2 Å². The Hall–Kier alpha value is -3.00. The van der Waals surface area contributed by atoms with Gasteiger partial charge < -0.3 is 19.4 Å². The fourth-order valence-electron chi connectivity index (χ4n) is 3.14. The number of anilines is 1. The van der Waals surface area contributed by atoms with Crippen LogP contribution in [0.5, 0.6) is 11.5 Å². The zero-order chi connectivity index (χ0) is 21.1. The van der Waals surface area contributed by atoms with Crippen LogP contribution in [0.1, 0.15) is 31.3 Å². The molecular weight excluding hydrogens is 400 g/mol. The number of rotatable bonds is 6. The number of aromatic nitrogens is 3. The minimum absolute atomic E-state index is 0.0834. The average Bonchev–Trinajstić information content (AvgIpc) is 3.13. The summed E-state index contributed by atoms with van der Waals surface area (Å²) in [5.41, 5.74) is 2.02. The van der Waals surface area contributed by atoms with Crippen molar-refractivity contribution < 1.29 is 14.3 Å². The zero-order valence-electron chi connectivity index (χ0n) is 17.2. The molecule has 2 unspecified atom stereocenters. The second-order valence-corrected chi connectivity index (χ2v) is 8.37. The molecule has 0 bridgehead atoms. The van der Waals surface area contributed by atoms with Crippen LogP contribution >= 0.6 is 11.8 Å². The smallest absolute Gasteiger partial charge is 0.237 e. The van der Waals surface area contributed by atoms with Crippen LogP contribution < -0.4 is 14.8 Å². The van der Waals surface area contributed by atoms with E-state index in [9.17, 15) is 4.79 Å². The van der Waals surface area contributed by atoms with Crippen LogP contribution in [0, 0.1) is 0 Å². The van der Waals surface area contributed by atoms with Crippen molar-refractivity contribution in [3.05, 3.63) is 59.9 Å². The molecule has 0 fully saturated rings. The number of thioether (sulfide) groups is 1. The maximum atomic E-state index is 12.6. The highest BCUT2D eigenvalue weighted by Gasteiger charge is 2.28. The number of amides is 1. The number of carbonyl (C=O) groups excluding carboxylic acids is 1. The van der Waals surface area contributed by atoms with Gasteiger partial charge in [0.2, 0.25) is 5.91 Å². The Kier molecular flexibility index (Phi) is 5.94. The van der Waals surface area contributed by atoms with Gasteiger partial charge in [-0.25, -0.2) is 0 Å². The molecule has 0 saturated heterocycles. The van der Waals surface area contributed by atoms with E-state index in [-0.39, 0.29) is 17.3 Å². The third-order valence-electron chi connectivity index (χ3n) is 4.95. The Morgan fingerprint density at radius 1 is 1.20 bits per heavy atom. The highest BCUT2D eigenvalue weighted by Crippen LogP contribution is 2.36. The summed E-state index contributed by atoms with van der Waals surface area (Å²) in [5, 5.41) is 11.8.